The number of benzene rings is 3. The highest BCUT2D eigenvalue weighted by molar-refractivity contribution is 5.71. The van der Waals surface area contributed by atoms with E-state index < -0.39 is 11.6 Å². The van der Waals surface area contributed by atoms with Crippen molar-refractivity contribution in [2.45, 2.75) is 13.0 Å². The van der Waals surface area contributed by atoms with Crippen molar-refractivity contribution in [1.82, 2.24) is 14.5 Å². The minimum absolute atomic E-state index is 0.0289. The maximum atomic E-state index is 14.2. The Morgan fingerprint density at radius 2 is 1.65 bits per heavy atom. The Kier molecular flexibility index (Phi) is 7.18. The third-order valence-corrected chi connectivity index (χ3v) is 5.94. The van der Waals surface area contributed by atoms with Crippen LogP contribution in [0.1, 0.15) is 12.0 Å². The summed E-state index contributed by atoms with van der Waals surface area (Å²) >= 11 is 0. The minimum atomic E-state index is -0.963. The zero-order valence-corrected chi connectivity index (χ0v) is 20.1. The first-order chi connectivity index (χ1) is 18.0. The number of halogens is 3. The molecule has 0 radical (unpaired) electrons. The van der Waals surface area contributed by atoms with E-state index in [2.05, 4.69) is 9.97 Å². The second-order valence-corrected chi connectivity index (χ2v) is 8.57. The van der Waals surface area contributed by atoms with Crippen molar-refractivity contribution in [2.24, 2.45) is 0 Å². The summed E-state index contributed by atoms with van der Waals surface area (Å²) in [4.78, 5) is 8.75. The Morgan fingerprint density at radius 1 is 0.838 bits per heavy atom. The van der Waals surface area contributed by atoms with Crippen LogP contribution < -0.4 is 4.74 Å². The van der Waals surface area contributed by atoms with E-state index in [9.17, 15) is 13.2 Å². The predicted molar refractivity (Wildman–Crippen MR) is 135 cm³/mol. The number of rotatable bonds is 9. The largest absolute Gasteiger partial charge is 0.493 e. The molecule has 0 aromatic heterocycles. The lowest BCUT2D eigenvalue weighted by Crippen LogP contribution is -2.03. The lowest BCUT2D eigenvalue weighted by Gasteiger charge is -2.13. The zero-order chi connectivity index (χ0) is 25.8. The molecule has 0 unspecified atom stereocenters. The Balaban J connectivity index is 1.34. The molecule has 8 heteroatoms. The Hall–Kier alpha value is -4.17. The minimum Gasteiger partial charge on any atom is -0.493 e. The predicted octanol–water partition coefficient (Wildman–Crippen LogP) is 6.60. The van der Waals surface area contributed by atoms with Crippen molar-refractivity contribution in [1.29, 1.82) is 0 Å². The van der Waals surface area contributed by atoms with E-state index in [0.717, 1.165) is 22.8 Å². The van der Waals surface area contributed by atoms with Gasteiger partial charge in [-0.3, -0.25) is 0 Å². The molecule has 0 bridgehead atoms. The van der Waals surface area contributed by atoms with Gasteiger partial charge in [0.15, 0.2) is 17.5 Å². The molecule has 0 fully saturated rings. The van der Waals surface area contributed by atoms with Gasteiger partial charge in [0.2, 0.25) is 0 Å². The highest BCUT2D eigenvalue weighted by atomic mass is 19.2. The highest BCUT2D eigenvalue weighted by Crippen LogP contribution is 2.32. The summed E-state index contributed by atoms with van der Waals surface area (Å²) in [6, 6.07) is 18.2. The quantitative estimate of drug-likeness (QED) is 0.213. The van der Waals surface area contributed by atoms with Crippen LogP contribution in [-0.4, -0.2) is 34.9 Å². The smallest absolute Gasteiger partial charge is 0.169 e. The molecule has 188 valence electrons. The summed E-state index contributed by atoms with van der Waals surface area (Å²) in [6.45, 7) is 1.57. The van der Waals surface area contributed by atoms with E-state index in [-0.39, 0.29) is 17.2 Å². The van der Waals surface area contributed by atoms with Crippen LogP contribution in [0.2, 0.25) is 0 Å². The van der Waals surface area contributed by atoms with Gasteiger partial charge < -0.3 is 14.0 Å². The van der Waals surface area contributed by atoms with Gasteiger partial charge in [0.1, 0.15) is 17.3 Å². The molecule has 0 amide bonds. The molecule has 2 aliphatic rings. The van der Waals surface area contributed by atoms with Gasteiger partial charge in [-0.25, -0.2) is 23.1 Å². The van der Waals surface area contributed by atoms with Crippen LogP contribution in [0.5, 0.6) is 5.75 Å². The van der Waals surface area contributed by atoms with E-state index >= 15 is 0 Å². The fourth-order valence-corrected chi connectivity index (χ4v) is 4.09. The number of pyridine rings is 1. The Bertz CT molecular complexity index is 1480. The third kappa shape index (κ3) is 5.49. The lowest BCUT2D eigenvalue weighted by atomic mass is 10.0. The summed E-state index contributed by atoms with van der Waals surface area (Å²) in [5, 5.41) is 0. The van der Waals surface area contributed by atoms with Crippen LogP contribution in [0.3, 0.4) is 0 Å². The van der Waals surface area contributed by atoms with Gasteiger partial charge in [-0.1, -0.05) is 30.3 Å². The Labute approximate surface area is 212 Å². The van der Waals surface area contributed by atoms with Gasteiger partial charge in [-0.15, -0.1) is 0 Å². The molecule has 2 aliphatic heterocycles. The van der Waals surface area contributed by atoms with Gasteiger partial charge in [-0.05, 0) is 41.5 Å². The number of ether oxygens (including phenoxy) is 2. The number of hydrogen-bond acceptors (Lipinski definition) is 4. The summed E-state index contributed by atoms with van der Waals surface area (Å²) in [5.74, 6) is -1.61. The van der Waals surface area contributed by atoms with E-state index in [1.54, 1.807) is 19.2 Å². The number of fused-ring (bicyclic) bond motifs is 1. The molecule has 0 aliphatic carbocycles. The van der Waals surface area contributed by atoms with Crippen molar-refractivity contribution >= 4 is 0 Å². The van der Waals surface area contributed by atoms with Crippen LogP contribution >= 0.6 is 0 Å². The van der Waals surface area contributed by atoms with Gasteiger partial charge in [0.05, 0.1) is 17.9 Å². The number of nitrogens with zero attached hydrogens (tertiary/aromatic N) is 3. The summed E-state index contributed by atoms with van der Waals surface area (Å²) in [6.07, 6.45) is 4.39. The van der Waals surface area contributed by atoms with Gasteiger partial charge >= 0.3 is 0 Å². The first kappa shape index (κ1) is 24.5. The second kappa shape index (κ2) is 10.8. The maximum Gasteiger partial charge on any atom is 0.169 e. The first-order valence-corrected chi connectivity index (χ1v) is 11.8. The molecule has 0 saturated heterocycles. The monoisotopic (exact) mass is 503 g/mol. The number of aromatic nitrogens is 3. The van der Waals surface area contributed by atoms with Crippen LogP contribution in [0.25, 0.3) is 33.9 Å². The molecule has 3 aromatic carbocycles. The fourth-order valence-electron chi connectivity index (χ4n) is 4.09. The highest BCUT2D eigenvalue weighted by Gasteiger charge is 2.17. The van der Waals surface area contributed by atoms with E-state index in [4.69, 9.17) is 9.47 Å². The van der Waals surface area contributed by atoms with E-state index in [0.29, 0.717) is 43.3 Å². The summed E-state index contributed by atoms with van der Waals surface area (Å²) in [7, 11) is 1.63. The summed E-state index contributed by atoms with van der Waals surface area (Å²) in [5.41, 5.74) is 3.96. The average molecular weight is 504 g/mol. The van der Waals surface area contributed by atoms with E-state index in [1.807, 2.05) is 41.2 Å². The van der Waals surface area contributed by atoms with Crippen LogP contribution in [-0.2, 0) is 11.3 Å². The molecule has 0 atom stereocenters. The van der Waals surface area contributed by atoms with Gasteiger partial charge in [-0.2, -0.15) is 0 Å². The van der Waals surface area contributed by atoms with E-state index in [1.165, 1.54) is 24.3 Å². The van der Waals surface area contributed by atoms with Gasteiger partial charge in [0, 0.05) is 50.7 Å². The normalized spacial score (nSPS) is 11.2. The van der Waals surface area contributed by atoms with Gasteiger partial charge in [0.25, 0.3) is 0 Å². The SMILES string of the molecule is COCCCOc1cc(F)ccc1-c1ccc(Cn2ccc3nc(-c4cccc(F)c4F)nc-3c2)cc1. The molecule has 0 saturated carbocycles. The van der Waals surface area contributed by atoms with Crippen molar-refractivity contribution < 1.29 is 22.6 Å². The molecular weight excluding hydrogens is 479 g/mol. The molecular formula is C29H24F3N3O2. The number of imidazole rings is 1. The zero-order valence-electron chi connectivity index (χ0n) is 20.1. The maximum absolute atomic E-state index is 14.2. The molecule has 3 aromatic rings. The van der Waals surface area contributed by atoms with Crippen molar-refractivity contribution in [2.75, 3.05) is 20.3 Å². The second-order valence-electron chi connectivity index (χ2n) is 8.57. The first-order valence-electron chi connectivity index (χ1n) is 11.8. The molecule has 0 spiro atoms. The standard InChI is InChI=1S/C29H24F3N3O2/c1-36-14-3-15-37-27-16-21(30)10-11-22(27)20-8-6-19(7-9-20)17-35-13-12-25-26(18-35)34-29(33-25)23-4-2-5-24(31)28(23)32/h2,4-13,16,18H,3,14-15,17H2,1H3. The summed E-state index contributed by atoms with van der Waals surface area (Å²) < 4.78 is 54.4. The average Bonchev–Trinajstić information content (AvgIpc) is 3.32. The Morgan fingerprint density at radius 3 is 2.46 bits per heavy atom. The van der Waals surface area contributed by atoms with Crippen LogP contribution in [0.4, 0.5) is 13.2 Å². The molecule has 0 N–H and O–H groups in total. The molecule has 5 nitrogen and oxygen atoms in total. The topological polar surface area (TPSA) is 49.2 Å². The van der Waals surface area contributed by atoms with Crippen LogP contribution in [0, 0.1) is 17.5 Å². The van der Waals surface area contributed by atoms with Crippen molar-refractivity contribution in [3.8, 4) is 39.7 Å². The molecule has 5 rings (SSSR count). The number of hydrogen-bond donors (Lipinski definition) is 0. The fraction of sp³-hybridized carbons (Fsp3) is 0.172. The lowest BCUT2D eigenvalue weighted by molar-refractivity contribution is 0.172. The molecule has 37 heavy (non-hydrogen) atoms. The number of methoxy groups -OCH3 is 1. The van der Waals surface area contributed by atoms with Crippen LogP contribution in [0.15, 0.2) is 79.1 Å². The van der Waals surface area contributed by atoms with Crippen molar-refractivity contribution in [3.63, 3.8) is 0 Å². The third-order valence-electron chi connectivity index (χ3n) is 5.94. The molecule has 2 heterocycles. The van der Waals surface area contributed by atoms with Crippen molar-refractivity contribution in [3.05, 3.63) is 102 Å².